The molecule has 0 fully saturated rings. The molecule has 0 radical (unpaired) electrons. The van der Waals surface area contributed by atoms with E-state index >= 15 is 0 Å². The van der Waals surface area contributed by atoms with E-state index in [0.29, 0.717) is 12.0 Å². The molecular formula is C10H15FN2. The van der Waals surface area contributed by atoms with Crippen LogP contribution in [0, 0.1) is 5.82 Å². The van der Waals surface area contributed by atoms with E-state index in [0.717, 1.165) is 6.42 Å². The zero-order valence-electron chi connectivity index (χ0n) is 7.76. The Bertz CT molecular complexity index is 284. The summed E-state index contributed by atoms with van der Waals surface area (Å²) >= 11 is 0. The molecule has 0 aromatic heterocycles. The van der Waals surface area contributed by atoms with Gasteiger partial charge in [0.2, 0.25) is 0 Å². The summed E-state index contributed by atoms with van der Waals surface area (Å²) in [5, 5.41) is 0. The highest BCUT2D eigenvalue weighted by molar-refractivity contribution is 5.42. The van der Waals surface area contributed by atoms with E-state index in [2.05, 4.69) is 0 Å². The number of nitrogens with two attached hydrogens (primary N) is 2. The molecule has 1 atom stereocenters. The first-order chi connectivity index (χ1) is 6.11. The summed E-state index contributed by atoms with van der Waals surface area (Å²) < 4.78 is 13.3. The van der Waals surface area contributed by atoms with Crippen LogP contribution in [0.25, 0.3) is 0 Å². The molecule has 0 heterocycles. The summed E-state index contributed by atoms with van der Waals surface area (Å²) in [5.74, 6) is -0.303. The molecule has 0 aliphatic rings. The van der Waals surface area contributed by atoms with Crippen molar-refractivity contribution in [2.24, 2.45) is 5.73 Å². The van der Waals surface area contributed by atoms with Crippen LogP contribution in [0.15, 0.2) is 18.2 Å². The van der Waals surface area contributed by atoms with Crippen LogP contribution in [0.2, 0.25) is 0 Å². The van der Waals surface area contributed by atoms with Gasteiger partial charge in [-0.05, 0) is 31.4 Å². The summed E-state index contributed by atoms with van der Waals surface area (Å²) in [4.78, 5) is 0. The minimum absolute atomic E-state index is 0.0980. The third-order valence-electron chi connectivity index (χ3n) is 1.98. The van der Waals surface area contributed by atoms with Crippen LogP contribution < -0.4 is 11.5 Å². The highest BCUT2D eigenvalue weighted by Crippen LogP contribution is 2.16. The van der Waals surface area contributed by atoms with Crippen LogP contribution in [0.5, 0.6) is 0 Å². The van der Waals surface area contributed by atoms with Crippen LogP contribution in [-0.4, -0.2) is 6.04 Å². The molecule has 0 aliphatic carbocycles. The van der Waals surface area contributed by atoms with Crippen molar-refractivity contribution in [2.45, 2.75) is 25.8 Å². The average molecular weight is 182 g/mol. The van der Waals surface area contributed by atoms with E-state index in [1.165, 1.54) is 0 Å². The molecule has 13 heavy (non-hydrogen) atoms. The van der Waals surface area contributed by atoms with Crippen molar-refractivity contribution in [1.82, 2.24) is 0 Å². The van der Waals surface area contributed by atoms with Gasteiger partial charge < -0.3 is 11.5 Å². The zero-order valence-corrected chi connectivity index (χ0v) is 7.76. The van der Waals surface area contributed by atoms with Crippen molar-refractivity contribution >= 4 is 5.69 Å². The van der Waals surface area contributed by atoms with Crippen LogP contribution in [0.4, 0.5) is 10.1 Å². The second-order valence-electron chi connectivity index (χ2n) is 3.34. The van der Waals surface area contributed by atoms with E-state index < -0.39 is 0 Å². The SMILES string of the molecule is CC(N)CCc1cccc(N)c1F. The Morgan fingerprint density at radius 1 is 1.46 bits per heavy atom. The number of anilines is 1. The molecule has 0 bridgehead atoms. The molecule has 0 amide bonds. The lowest BCUT2D eigenvalue weighted by molar-refractivity contribution is 0.594. The molecule has 1 aromatic rings. The van der Waals surface area contributed by atoms with Gasteiger partial charge in [-0.3, -0.25) is 0 Å². The Hall–Kier alpha value is -1.09. The fraction of sp³-hybridized carbons (Fsp3) is 0.400. The molecule has 2 nitrogen and oxygen atoms in total. The quantitative estimate of drug-likeness (QED) is 0.699. The molecule has 0 saturated carbocycles. The van der Waals surface area contributed by atoms with Crippen molar-refractivity contribution in [1.29, 1.82) is 0 Å². The molecule has 1 rings (SSSR count). The topological polar surface area (TPSA) is 52.0 Å². The molecule has 3 heteroatoms. The van der Waals surface area contributed by atoms with Gasteiger partial charge in [-0.25, -0.2) is 4.39 Å². The second kappa shape index (κ2) is 4.23. The van der Waals surface area contributed by atoms with Gasteiger partial charge >= 0.3 is 0 Å². The van der Waals surface area contributed by atoms with Crippen molar-refractivity contribution in [3.8, 4) is 0 Å². The predicted octanol–water partition coefficient (Wildman–Crippen LogP) is 1.69. The molecule has 72 valence electrons. The Labute approximate surface area is 77.7 Å². The number of benzene rings is 1. The zero-order chi connectivity index (χ0) is 9.84. The fourth-order valence-corrected chi connectivity index (χ4v) is 1.18. The summed E-state index contributed by atoms with van der Waals surface area (Å²) in [6.07, 6.45) is 1.43. The third kappa shape index (κ3) is 2.70. The first-order valence-corrected chi connectivity index (χ1v) is 4.39. The highest BCUT2D eigenvalue weighted by atomic mass is 19.1. The maximum absolute atomic E-state index is 13.3. The normalized spacial score (nSPS) is 12.8. The van der Waals surface area contributed by atoms with Gasteiger partial charge in [0.25, 0.3) is 0 Å². The number of aryl methyl sites for hydroxylation is 1. The van der Waals surface area contributed by atoms with Crippen LogP contribution >= 0.6 is 0 Å². The smallest absolute Gasteiger partial charge is 0.149 e. The number of hydrogen-bond donors (Lipinski definition) is 2. The van der Waals surface area contributed by atoms with E-state index in [-0.39, 0.29) is 17.5 Å². The number of halogens is 1. The van der Waals surface area contributed by atoms with Crippen LogP contribution in [-0.2, 0) is 6.42 Å². The third-order valence-corrected chi connectivity index (χ3v) is 1.98. The lowest BCUT2D eigenvalue weighted by atomic mass is 10.1. The maximum Gasteiger partial charge on any atom is 0.149 e. The minimum Gasteiger partial charge on any atom is -0.396 e. The van der Waals surface area contributed by atoms with E-state index in [4.69, 9.17) is 11.5 Å². The second-order valence-corrected chi connectivity index (χ2v) is 3.34. The van der Waals surface area contributed by atoms with Crippen molar-refractivity contribution in [3.63, 3.8) is 0 Å². The van der Waals surface area contributed by atoms with Gasteiger partial charge in [0.1, 0.15) is 5.82 Å². The lowest BCUT2D eigenvalue weighted by Gasteiger charge is -2.07. The van der Waals surface area contributed by atoms with Crippen molar-refractivity contribution in [3.05, 3.63) is 29.6 Å². The molecule has 0 saturated heterocycles. The molecule has 0 spiro atoms. The van der Waals surface area contributed by atoms with Gasteiger partial charge in [0.15, 0.2) is 0 Å². The number of rotatable bonds is 3. The Kier molecular flexibility index (Phi) is 3.25. The van der Waals surface area contributed by atoms with Crippen LogP contribution in [0.3, 0.4) is 0 Å². The predicted molar refractivity (Wildman–Crippen MR) is 52.8 cm³/mol. The fourth-order valence-electron chi connectivity index (χ4n) is 1.18. The molecule has 4 N–H and O–H groups in total. The van der Waals surface area contributed by atoms with E-state index in [1.54, 1.807) is 18.2 Å². The van der Waals surface area contributed by atoms with Gasteiger partial charge in [0.05, 0.1) is 5.69 Å². The van der Waals surface area contributed by atoms with E-state index in [1.807, 2.05) is 6.92 Å². The first kappa shape index (κ1) is 9.99. The van der Waals surface area contributed by atoms with Crippen LogP contribution in [0.1, 0.15) is 18.9 Å². The summed E-state index contributed by atoms with van der Waals surface area (Å²) in [5.41, 5.74) is 11.9. The molecule has 1 aromatic carbocycles. The monoisotopic (exact) mass is 182 g/mol. The highest BCUT2D eigenvalue weighted by Gasteiger charge is 2.05. The van der Waals surface area contributed by atoms with Gasteiger partial charge in [-0.15, -0.1) is 0 Å². The lowest BCUT2D eigenvalue weighted by Crippen LogP contribution is -2.15. The Balaban J connectivity index is 2.71. The number of hydrogen-bond acceptors (Lipinski definition) is 2. The van der Waals surface area contributed by atoms with Gasteiger partial charge in [-0.2, -0.15) is 0 Å². The summed E-state index contributed by atoms with van der Waals surface area (Å²) in [6, 6.07) is 5.16. The van der Waals surface area contributed by atoms with E-state index in [9.17, 15) is 4.39 Å². The first-order valence-electron chi connectivity index (χ1n) is 4.39. The Morgan fingerprint density at radius 3 is 2.77 bits per heavy atom. The van der Waals surface area contributed by atoms with Crippen molar-refractivity contribution in [2.75, 3.05) is 5.73 Å². The van der Waals surface area contributed by atoms with Gasteiger partial charge in [0, 0.05) is 6.04 Å². The standard InChI is InChI=1S/C10H15FN2/c1-7(12)5-6-8-3-2-4-9(13)10(8)11/h2-4,7H,5-6,12-13H2,1H3. The van der Waals surface area contributed by atoms with Gasteiger partial charge in [-0.1, -0.05) is 12.1 Å². The summed E-state index contributed by atoms with van der Waals surface area (Å²) in [7, 11) is 0. The minimum atomic E-state index is -0.303. The average Bonchev–Trinajstić information content (AvgIpc) is 2.07. The molecule has 0 aliphatic heterocycles. The largest absolute Gasteiger partial charge is 0.396 e. The Morgan fingerprint density at radius 2 is 2.15 bits per heavy atom. The number of nitrogen functional groups attached to an aromatic ring is 1. The molecule has 1 unspecified atom stereocenters. The summed E-state index contributed by atoms with van der Waals surface area (Å²) in [6.45, 7) is 1.91. The maximum atomic E-state index is 13.3. The van der Waals surface area contributed by atoms with Crippen molar-refractivity contribution < 1.29 is 4.39 Å². The molecular weight excluding hydrogens is 167 g/mol.